The molecule has 0 heterocycles. The van der Waals surface area contributed by atoms with E-state index in [2.05, 4.69) is 31.4 Å². The Morgan fingerprint density at radius 3 is 2.62 bits per heavy atom. The van der Waals surface area contributed by atoms with Crippen LogP contribution in [0.25, 0.3) is 0 Å². The maximum absolute atomic E-state index is 5.16. The molecule has 1 rings (SSSR count). The number of hydrogen-bond acceptors (Lipinski definition) is 1. The topological polar surface area (TPSA) is 24.1 Å². The van der Waals surface area contributed by atoms with Crippen LogP contribution >= 0.6 is 12.2 Å². The van der Waals surface area contributed by atoms with Crippen molar-refractivity contribution in [1.82, 2.24) is 10.6 Å². The molecule has 13 heavy (non-hydrogen) atoms. The molecule has 3 heteroatoms. The zero-order chi connectivity index (χ0) is 9.90. The first-order valence-electron chi connectivity index (χ1n) is 5.10. The molecule has 0 radical (unpaired) electrons. The van der Waals surface area contributed by atoms with Gasteiger partial charge in [0.2, 0.25) is 0 Å². The molecule has 0 aromatic rings. The molecule has 0 aliphatic heterocycles. The zero-order valence-corrected chi connectivity index (χ0v) is 9.63. The predicted octanol–water partition coefficient (Wildman–Crippen LogP) is 2.05. The maximum Gasteiger partial charge on any atom is 0.166 e. The largest absolute Gasteiger partial charge is 0.363 e. The van der Waals surface area contributed by atoms with Crippen molar-refractivity contribution in [3.63, 3.8) is 0 Å². The van der Waals surface area contributed by atoms with E-state index in [1.165, 1.54) is 19.3 Å². The molecule has 0 bridgehead atoms. The molecule has 1 fully saturated rings. The van der Waals surface area contributed by atoms with Gasteiger partial charge in [-0.25, -0.2) is 0 Å². The fourth-order valence-electron chi connectivity index (χ4n) is 1.30. The van der Waals surface area contributed by atoms with Crippen molar-refractivity contribution in [2.75, 3.05) is 6.54 Å². The lowest BCUT2D eigenvalue weighted by Crippen LogP contribution is -2.38. The highest BCUT2D eigenvalue weighted by Crippen LogP contribution is 2.44. The van der Waals surface area contributed by atoms with Crippen LogP contribution in [0.4, 0.5) is 0 Å². The molecule has 0 saturated heterocycles. The molecule has 76 valence electrons. The SMILES string of the molecule is CCCCNC(=S)NC1CC1(C)C. The summed E-state index contributed by atoms with van der Waals surface area (Å²) in [5, 5.41) is 7.36. The standard InChI is InChI=1S/C10H20N2S/c1-4-5-6-11-9(13)12-8-7-10(8,2)3/h8H,4-7H2,1-3H3,(H2,11,12,13). The third-order valence-corrected chi connectivity index (χ3v) is 2.90. The van der Waals surface area contributed by atoms with E-state index in [-0.39, 0.29) is 0 Å². The summed E-state index contributed by atoms with van der Waals surface area (Å²) in [6, 6.07) is 0.592. The van der Waals surface area contributed by atoms with Gasteiger partial charge in [0.05, 0.1) is 0 Å². The second kappa shape index (κ2) is 4.27. The van der Waals surface area contributed by atoms with Crippen LogP contribution in [-0.4, -0.2) is 17.7 Å². The lowest BCUT2D eigenvalue weighted by atomic mass is 10.2. The number of thiocarbonyl (C=S) groups is 1. The van der Waals surface area contributed by atoms with Crippen LogP contribution in [0.3, 0.4) is 0 Å². The van der Waals surface area contributed by atoms with Gasteiger partial charge in [-0.2, -0.15) is 0 Å². The van der Waals surface area contributed by atoms with Crippen LogP contribution in [0.5, 0.6) is 0 Å². The highest BCUT2D eigenvalue weighted by atomic mass is 32.1. The van der Waals surface area contributed by atoms with Crippen LogP contribution in [0.15, 0.2) is 0 Å². The van der Waals surface area contributed by atoms with E-state index in [9.17, 15) is 0 Å². The van der Waals surface area contributed by atoms with Gasteiger partial charge in [-0.05, 0) is 30.5 Å². The van der Waals surface area contributed by atoms with E-state index in [0.29, 0.717) is 11.5 Å². The maximum atomic E-state index is 5.16. The molecule has 0 amide bonds. The second-order valence-electron chi connectivity index (χ2n) is 4.50. The molecule has 1 aliphatic carbocycles. The number of rotatable bonds is 4. The third-order valence-electron chi connectivity index (χ3n) is 2.63. The molecule has 1 atom stereocenters. The van der Waals surface area contributed by atoms with Crippen molar-refractivity contribution >= 4 is 17.3 Å². The van der Waals surface area contributed by atoms with Crippen LogP contribution < -0.4 is 10.6 Å². The molecule has 2 N–H and O–H groups in total. The van der Waals surface area contributed by atoms with Gasteiger partial charge < -0.3 is 10.6 Å². The van der Waals surface area contributed by atoms with Crippen LogP contribution in [-0.2, 0) is 0 Å². The Kier molecular flexibility index (Phi) is 3.54. The summed E-state index contributed by atoms with van der Waals surface area (Å²) in [4.78, 5) is 0. The number of unbranched alkanes of at least 4 members (excludes halogenated alkanes) is 1. The van der Waals surface area contributed by atoms with Crippen LogP contribution in [0.2, 0.25) is 0 Å². The Balaban J connectivity index is 2.06. The molecule has 2 nitrogen and oxygen atoms in total. The quantitative estimate of drug-likeness (QED) is 0.536. The summed E-state index contributed by atoms with van der Waals surface area (Å²) in [5.74, 6) is 0. The predicted molar refractivity (Wildman–Crippen MR) is 60.8 cm³/mol. The minimum absolute atomic E-state index is 0.455. The van der Waals surface area contributed by atoms with Crippen LogP contribution in [0.1, 0.15) is 40.0 Å². The lowest BCUT2D eigenvalue weighted by molar-refractivity contribution is 0.591. The minimum Gasteiger partial charge on any atom is -0.363 e. The van der Waals surface area contributed by atoms with E-state index in [1.54, 1.807) is 0 Å². The van der Waals surface area contributed by atoms with Crippen LogP contribution in [0, 0.1) is 5.41 Å². The monoisotopic (exact) mass is 200 g/mol. The number of nitrogens with one attached hydrogen (secondary N) is 2. The first-order chi connectivity index (χ1) is 6.06. The highest BCUT2D eigenvalue weighted by Gasteiger charge is 2.45. The second-order valence-corrected chi connectivity index (χ2v) is 4.91. The molecular weight excluding hydrogens is 180 g/mol. The Morgan fingerprint density at radius 2 is 2.15 bits per heavy atom. The van der Waals surface area contributed by atoms with Crippen molar-refractivity contribution in [1.29, 1.82) is 0 Å². The van der Waals surface area contributed by atoms with Gasteiger partial charge in [-0.3, -0.25) is 0 Å². The molecule has 1 unspecified atom stereocenters. The Morgan fingerprint density at radius 1 is 1.54 bits per heavy atom. The van der Waals surface area contributed by atoms with E-state index in [4.69, 9.17) is 12.2 Å². The van der Waals surface area contributed by atoms with Gasteiger partial charge in [0, 0.05) is 12.6 Å². The fourth-order valence-corrected chi connectivity index (χ4v) is 1.55. The normalized spacial score (nSPS) is 23.8. The summed E-state index contributed by atoms with van der Waals surface area (Å²) in [7, 11) is 0. The lowest BCUT2D eigenvalue weighted by Gasteiger charge is -2.10. The summed E-state index contributed by atoms with van der Waals surface area (Å²) >= 11 is 5.16. The van der Waals surface area contributed by atoms with Gasteiger partial charge >= 0.3 is 0 Å². The molecule has 0 aromatic carbocycles. The average Bonchev–Trinajstić information content (AvgIpc) is 2.59. The van der Waals surface area contributed by atoms with Gasteiger partial charge in [0.25, 0.3) is 0 Å². The summed E-state index contributed by atoms with van der Waals surface area (Å²) < 4.78 is 0. The summed E-state index contributed by atoms with van der Waals surface area (Å²) in [5.41, 5.74) is 0.455. The van der Waals surface area contributed by atoms with E-state index >= 15 is 0 Å². The zero-order valence-electron chi connectivity index (χ0n) is 8.81. The smallest absolute Gasteiger partial charge is 0.166 e. The van der Waals surface area contributed by atoms with Crippen molar-refractivity contribution in [3.8, 4) is 0 Å². The minimum atomic E-state index is 0.455. The Hall–Kier alpha value is -0.310. The van der Waals surface area contributed by atoms with Gasteiger partial charge in [0.15, 0.2) is 5.11 Å². The van der Waals surface area contributed by atoms with Crippen molar-refractivity contribution in [3.05, 3.63) is 0 Å². The summed E-state index contributed by atoms with van der Waals surface area (Å²) in [6.45, 7) is 7.70. The average molecular weight is 200 g/mol. The first-order valence-corrected chi connectivity index (χ1v) is 5.51. The van der Waals surface area contributed by atoms with Gasteiger partial charge in [-0.1, -0.05) is 27.2 Å². The van der Waals surface area contributed by atoms with E-state index in [0.717, 1.165) is 11.7 Å². The van der Waals surface area contributed by atoms with E-state index in [1.807, 2.05) is 0 Å². The van der Waals surface area contributed by atoms with Crippen molar-refractivity contribution < 1.29 is 0 Å². The molecule has 0 aromatic heterocycles. The molecule has 1 aliphatic rings. The summed E-state index contributed by atoms with van der Waals surface area (Å²) in [6.07, 6.45) is 3.64. The first kappa shape index (κ1) is 10.8. The Bertz CT molecular complexity index is 189. The highest BCUT2D eigenvalue weighted by molar-refractivity contribution is 7.80. The molecule has 1 saturated carbocycles. The molecule has 0 spiro atoms. The van der Waals surface area contributed by atoms with Gasteiger partial charge in [0.1, 0.15) is 0 Å². The van der Waals surface area contributed by atoms with Gasteiger partial charge in [-0.15, -0.1) is 0 Å². The van der Waals surface area contributed by atoms with E-state index < -0.39 is 0 Å². The third kappa shape index (κ3) is 3.51. The Labute approximate surface area is 86.5 Å². The van der Waals surface area contributed by atoms with Crippen molar-refractivity contribution in [2.24, 2.45) is 5.41 Å². The van der Waals surface area contributed by atoms with Crippen molar-refractivity contribution in [2.45, 2.75) is 46.1 Å². The fraction of sp³-hybridized carbons (Fsp3) is 0.900. The number of hydrogen-bond donors (Lipinski definition) is 2. The molecular formula is C10H20N2S.